The van der Waals surface area contributed by atoms with E-state index < -0.39 is 0 Å². The Balaban J connectivity index is 1.43. The third-order valence-corrected chi connectivity index (χ3v) is 4.10. The van der Waals surface area contributed by atoms with Crippen LogP contribution in [0.15, 0.2) is 35.0 Å². The molecule has 0 radical (unpaired) electrons. The van der Waals surface area contributed by atoms with E-state index >= 15 is 0 Å². The number of carbonyl (C=O) groups is 1. The number of hydrogen-bond donors (Lipinski definition) is 0. The number of furan rings is 1. The van der Waals surface area contributed by atoms with Crippen LogP contribution in [0.2, 0.25) is 0 Å². The molecule has 2 aromatic heterocycles. The topological polar surface area (TPSA) is 57.3 Å². The molecule has 2 saturated carbocycles. The molecule has 0 amide bonds. The minimum absolute atomic E-state index is 0.161. The summed E-state index contributed by atoms with van der Waals surface area (Å²) in [4.78, 5) is 12.1. The van der Waals surface area contributed by atoms with E-state index in [1.54, 1.807) is 23.0 Å². The Morgan fingerprint density at radius 1 is 1.45 bits per heavy atom. The summed E-state index contributed by atoms with van der Waals surface area (Å²) in [7, 11) is 0. The number of aromatic nitrogens is 2. The second-order valence-corrected chi connectivity index (χ2v) is 5.70. The van der Waals surface area contributed by atoms with Gasteiger partial charge in [-0.25, -0.2) is 4.79 Å². The molecule has 0 atom stereocenters. The van der Waals surface area contributed by atoms with E-state index in [2.05, 4.69) is 5.10 Å². The maximum atomic E-state index is 12.1. The van der Waals surface area contributed by atoms with Crippen molar-refractivity contribution in [3.63, 3.8) is 0 Å². The van der Waals surface area contributed by atoms with Crippen LogP contribution in [0.3, 0.4) is 0 Å². The van der Waals surface area contributed by atoms with Crippen LogP contribution in [-0.4, -0.2) is 21.4 Å². The highest BCUT2D eigenvalue weighted by Crippen LogP contribution is 2.56. The van der Waals surface area contributed by atoms with E-state index in [1.807, 2.05) is 12.3 Å². The standard InChI is InChI=1S/C15H16N2O3/c18-14(20-15(6-7-15)11-2-3-11)13-5-4-12(19-13)10-17-9-1-8-16-17/h1,4-5,8-9,11H,2-3,6-7,10H2. The van der Waals surface area contributed by atoms with Crippen LogP contribution in [0.25, 0.3) is 0 Å². The van der Waals surface area contributed by atoms with Gasteiger partial charge >= 0.3 is 5.97 Å². The zero-order valence-electron chi connectivity index (χ0n) is 11.1. The van der Waals surface area contributed by atoms with Crippen LogP contribution in [0.4, 0.5) is 0 Å². The molecule has 4 rings (SSSR count). The van der Waals surface area contributed by atoms with Crippen molar-refractivity contribution in [3.8, 4) is 0 Å². The molecule has 0 aliphatic heterocycles. The van der Waals surface area contributed by atoms with Crippen molar-refractivity contribution in [2.75, 3.05) is 0 Å². The molecule has 5 heteroatoms. The number of ether oxygens (including phenoxy) is 1. The molecule has 2 heterocycles. The maximum absolute atomic E-state index is 12.1. The second-order valence-electron chi connectivity index (χ2n) is 5.70. The molecular weight excluding hydrogens is 256 g/mol. The Kier molecular flexibility index (Phi) is 2.49. The fourth-order valence-corrected chi connectivity index (χ4v) is 2.69. The Bertz CT molecular complexity index is 621. The first-order chi connectivity index (χ1) is 9.75. The summed E-state index contributed by atoms with van der Waals surface area (Å²) >= 11 is 0. The van der Waals surface area contributed by atoms with Crippen molar-refractivity contribution in [2.24, 2.45) is 5.92 Å². The molecule has 20 heavy (non-hydrogen) atoms. The van der Waals surface area contributed by atoms with Crippen LogP contribution in [0.5, 0.6) is 0 Å². The van der Waals surface area contributed by atoms with Crippen LogP contribution < -0.4 is 0 Å². The average Bonchev–Trinajstić information content (AvgIpc) is 3.33. The highest BCUT2D eigenvalue weighted by molar-refractivity contribution is 5.86. The van der Waals surface area contributed by atoms with Crippen molar-refractivity contribution in [2.45, 2.75) is 37.8 Å². The van der Waals surface area contributed by atoms with Crippen LogP contribution in [0.1, 0.15) is 42.0 Å². The van der Waals surface area contributed by atoms with Crippen molar-refractivity contribution in [1.29, 1.82) is 0 Å². The van der Waals surface area contributed by atoms with Gasteiger partial charge < -0.3 is 9.15 Å². The highest BCUT2D eigenvalue weighted by Gasteiger charge is 2.57. The smallest absolute Gasteiger partial charge is 0.374 e. The number of rotatable bonds is 5. The molecule has 5 nitrogen and oxygen atoms in total. The zero-order chi connectivity index (χ0) is 13.6. The first kappa shape index (κ1) is 11.8. The number of hydrogen-bond acceptors (Lipinski definition) is 4. The van der Waals surface area contributed by atoms with Gasteiger partial charge in [-0.2, -0.15) is 5.10 Å². The third-order valence-electron chi connectivity index (χ3n) is 4.10. The lowest BCUT2D eigenvalue weighted by atomic mass is 10.2. The summed E-state index contributed by atoms with van der Waals surface area (Å²) in [6, 6.07) is 5.34. The van der Waals surface area contributed by atoms with Gasteiger partial charge in [-0.05, 0) is 49.8 Å². The van der Waals surface area contributed by atoms with Crippen molar-refractivity contribution < 1.29 is 13.9 Å². The van der Waals surface area contributed by atoms with Gasteiger partial charge in [0.05, 0.1) is 6.54 Å². The molecule has 0 N–H and O–H groups in total. The van der Waals surface area contributed by atoms with Crippen molar-refractivity contribution >= 4 is 5.97 Å². The first-order valence-corrected chi connectivity index (χ1v) is 7.05. The van der Waals surface area contributed by atoms with E-state index in [0.29, 0.717) is 24.0 Å². The minimum Gasteiger partial charge on any atom is -0.453 e. The zero-order valence-corrected chi connectivity index (χ0v) is 11.1. The summed E-state index contributed by atoms with van der Waals surface area (Å²) in [6.45, 7) is 0.522. The Hall–Kier alpha value is -2.04. The average molecular weight is 272 g/mol. The van der Waals surface area contributed by atoms with Gasteiger partial charge in [-0.1, -0.05) is 0 Å². The molecule has 2 fully saturated rings. The van der Waals surface area contributed by atoms with Gasteiger partial charge in [-0.15, -0.1) is 0 Å². The molecule has 0 spiro atoms. The molecular formula is C15H16N2O3. The number of nitrogens with zero attached hydrogens (tertiary/aromatic N) is 2. The Morgan fingerprint density at radius 3 is 2.95 bits per heavy atom. The van der Waals surface area contributed by atoms with Gasteiger partial charge in [0, 0.05) is 12.4 Å². The fourth-order valence-electron chi connectivity index (χ4n) is 2.69. The SMILES string of the molecule is O=C(OC1(C2CC2)CC1)c1ccc(Cn2cccn2)o1. The lowest BCUT2D eigenvalue weighted by molar-refractivity contribution is 0.0124. The molecule has 2 aliphatic rings. The summed E-state index contributed by atoms with van der Waals surface area (Å²) in [6.07, 6.45) is 7.96. The maximum Gasteiger partial charge on any atom is 0.374 e. The van der Waals surface area contributed by atoms with Gasteiger partial charge in [0.15, 0.2) is 0 Å². The number of carbonyl (C=O) groups excluding carboxylic acids is 1. The third kappa shape index (κ3) is 2.13. The van der Waals surface area contributed by atoms with Gasteiger partial charge in [0.25, 0.3) is 0 Å². The van der Waals surface area contributed by atoms with Crippen LogP contribution in [0, 0.1) is 5.92 Å². The predicted molar refractivity (Wildman–Crippen MR) is 70.1 cm³/mol. The summed E-state index contributed by atoms with van der Waals surface area (Å²) in [5.41, 5.74) is -0.161. The van der Waals surface area contributed by atoms with Crippen LogP contribution in [-0.2, 0) is 11.3 Å². The van der Waals surface area contributed by atoms with Crippen molar-refractivity contribution in [3.05, 3.63) is 42.1 Å². The van der Waals surface area contributed by atoms with Crippen LogP contribution >= 0.6 is 0 Å². The molecule has 0 bridgehead atoms. The molecule has 0 aromatic carbocycles. The minimum atomic E-state index is -0.332. The number of esters is 1. The van der Waals surface area contributed by atoms with E-state index in [1.165, 1.54) is 12.8 Å². The summed E-state index contributed by atoms with van der Waals surface area (Å²) < 4.78 is 13.0. The second kappa shape index (κ2) is 4.23. The fraction of sp³-hybridized carbons (Fsp3) is 0.467. The summed E-state index contributed by atoms with van der Waals surface area (Å²) in [5.74, 6) is 1.25. The predicted octanol–water partition coefficient (Wildman–Crippen LogP) is 2.62. The lowest BCUT2D eigenvalue weighted by Gasteiger charge is -2.14. The van der Waals surface area contributed by atoms with E-state index in [9.17, 15) is 4.79 Å². The molecule has 0 unspecified atom stereocenters. The highest BCUT2D eigenvalue weighted by atomic mass is 16.6. The summed E-state index contributed by atoms with van der Waals surface area (Å²) in [5, 5.41) is 4.11. The quantitative estimate of drug-likeness (QED) is 0.785. The van der Waals surface area contributed by atoms with Gasteiger partial charge in [0.2, 0.25) is 5.76 Å². The Labute approximate surface area is 116 Å². The van der Waals surface area contributed by atoms with E-state index in [0.717, 1.165) is 12.8 Å². The van der Waals surface area contributed by atoms with Crippen molar-refractivity contribution in [1.82, 2.24) is 9.78 Å². The Morgan fingerprint density at radius 2 is 2.30 bits per heavy atom. The molecule has 104 valence electrons. The molecule has 0 saturated heterocycles. The molecule has 2 aromatic rings. The first-order valence-electron chi connectivity index (χ1n) is 7.05. The monoisotopic (exact) mass is 272 g/mol. The lowest BCUT2D eigenvalue weighted by Crippen LogP contribution is -2.21. The molecule has 2 aliphatic carbocycles. The van der Waals surface area contributed by atoms with Gasteiger partial charge in [-0.3, -0.25) is 4.68 Å². The van der Waals surface area contributed by atoms with E-state index in [4.69, 9.17) is 9.15 Å². The van der Waals surface area contributed by atoms with E-state index in [-0.39, 0.29) is 11.6 Å². The normalized spacial score (nSPS) is 19.8. The largest absolute Gasteiger partial charge is 0.453 e. The van der Waals surface area contributed by atoms with Gasteiger partial charge in [0.1, 0.15) is 11.4 Å².